The van der Waals surface area contributed by atoms with Gasteiger partial charge in [0.15, 0.2) is 0 Å². The lowest BCUT2D eigenvalue weighted by Crippen LogP contribution is -2.27. The van der Waals surface area contributed by atoms with Gasteiger partial charge in [0, 0.05) is 6.04 Å². The Kier molecular flexibility index (Phi) is 3.27. The lowest BCUT2D eigenvalue weighted by molar-refractivity contribution is 0.396. The summed E-state index contributed by atoms with van der Waals surface area (Å²) in [5.41, 5.74) is 2.67. The van der Waals surface area contributed by atoms with Gasteiger partial charge in [0.25, 0.3) is 0 Å². The number of piperidine rings is 1. The molecular formula is C13H19NO. The molecule has 0 aromatic heterocycles. The second kappa shape index (κ2) is 4.67. The third-order valence-electron chi connectivity index (χ3n) is 3.23. The van der Waals surface area contributed by atoms with E-state index in [-0.39, 0.29) is 0 Å². The summed E-state index contributed by atoms with van der Waals surface area (Å²) in [5, 5.41) is 3.57. The standard InChI is InChI=1S/C13H19NO/c1-10-11(6-5-8-13(10)15-2)12-7-3-4-9-14-12/h5-6,8,12,14H,3-4,7,9H2,1-2H3. The van der Waals surface area contributed by atoms with Crippen LogP contribution in [0.2, 0.25) is 0 Å². The molecule has 1 heterocycles. The van der Waals surface area contributed by atoms with Gasteiger partial charge in [-0.2, -0.15) is 0 Å². The van der Waals surface area contributed by atoms with Crippen molar-refractivity contribution in [2.24, 2.45) is 0 Å². The summed E-state index contributed by atoms with van der Waals surface area (Å²) in [7, 11) is 1.74. The van der Waals surface area contributed by atoms with Crippen LogP contribution in [-0.2, 0) is 0 Å². The zero-order valence-electron chi connectivity index (χ0n) is 9.55. The van der Waals surface area contributed by atoms with Crippen molar-refractivity contribution in [2.75, 3.05) is 13.7 Å². The van der Waals surface area contributed by atoms with Crippen LogP contribution in [0.1, 0.15) is 36.4 Å². The molecular weight excluding hydrogens is 186 g/mol. The first-order chi connectivity index (χ1) is 7.33. The Bertz CT molecular complexity index is 329. The molecule has 1 fully saturated rings. The summed E-state index contributed by atoms with van der Waals surface area (Å²) in [6.45, 7) is 3.28. The highest BCUT2D eigenvalue weighted by Crippen LogP contribution is 2.30. The molecule has 2 nitrogen and oxygen atoms in total. The molecule has 2 heteroatoms. The van der Waals surface area contributed by atoms with Gasteiger partial charge in [-0.1, -0.05) is 18.6 Å². The fourth-order valence-electron chi connectivity index (χ4n) is 2.35. The van der Waals surface area contributed by atoms with E-state index in [1.54, 1.807) is 7.11 Å². The molecule has 2 rings (SSSR count). The fourth-order valence-corrected chi connectivity index (χ4v) is 2.35. The van der Waals surface area contributed by atoms with Gasteiger partial charge in [0.1, 0.15) is 5.75 Å². The highest BCUT2D eigenvalue weighted by Gasteiger charge is 2.17. The number of hydrogen-bond acceptors (Lipinski definition) is 2. The molecule has 15 heavy (non-hydrogen) atoms. The van der Waals surface area contributed by atoms with Gasteiger partial charge in [-0.05, 0) is 43.5 Å². The van der Waals surface area contributed by atoms with E-state index in [1.165, 1.54) is 30.4 Å². The molecule has 0 spiro atoms. The first-order valence-corrected chi connectivity index (χ1v) is 5.70. The Morgan fingerprint density at radius 3 is 2.87 bits per heavy atom. The molecule has 1 saturated heterocycles. The minimum atomic E-state index is 0.522. The maximum Gasteiger partial charge on any atom is 0.122 e. The number of ether oxygens (including phenoxy) is 1. The molecule has 1 unspecified atom stereocenters. The fraction of sp³-hybridized carbons (Fsp3) is 0.538. The van der Waals surface area contributed by atoms with E-state index in [9.17, 15) is 0 Å². The maximum atomic E-state index is 5.35. The second-order valence-electron chi connectivity index (χ2n) is 4.18. The van der Waals surface area contributed by atoms with E-state index in [0.717, 1.165) is 12.3 Å². The van der Waals surface area contributed by atoms with Crippen molar-refractivity contribution in [2.45, 2.75) is 32.2 Å². The normalized spacial score (nSPS) is 21.3. The predicted octanol–water partition coefficient (Wildman–Crippen LogP) is 2.82. The maximum absolute atomic E-state index is 5.35. The summed E-state index contributed by atoms with van der Waals surface area (Å²) >= 11 is 0. The van der Waals surface area contributed by atoms with Gasteiger partial charge in [-0.15, -0.1) is 0 Å². The minimum absolute atomic E-state index is 0.522. The van der Waals surface area contributed by atoms with Gasteiger partial charge in [0.05, 0.1) is 7.11 Å². The van der Waals surface area contributed by atoms with Crippen LogP contribution in [0, 0.1) is 6.92 Å². The minimum Gasteiger partial charge on any atom is -0.496 e. The van der Waals surface area contributed by atoms with Crippen molar-refractivity contribution < 1.29 is 4.74 Å². The van der Waals surface area contributed by atoms with E-state index >= 15 is 0 Å². The van der Waals surface area contributed by atoms with Gasteiger partial charge in [0.2, 0.25) is 0 Å². The zero-order chi connectivity index (χ0) is 10.7. The van der Waals surface area contributed by atoms with Crippen molar-refractivity contribution >= 4 is 0 Å². The lowest BCUT2D eigenvalue weighted by Gasteiger charge is -2.25. The monoisotopic (exact) mass is 205 g/mol. The molecule has 1 aliphatic heterocycles. The summed E-state index contributed by atoms with van der Waals surface area (Å²) in [5.74, 6) is 1.000. The molecule has 1 atom stereocenters. The number of methoxy groups -OCH3 is 1. The van der Waals surface area contributed by atoms with Crippen LogP contribution in [0.25, 0.3) is 0 Å². The van der Waals surface area contributed by atoms with Crippen molar-refractivity contribution in [1.29, 1.82) is 0 Å². The zero-order valence-corrected chi connectivity index (χ0v) is 9.55. The highest BCUT2D eigenvalue weighted by atomic mass is 16.5. The van der Waals surface area contributed by atoms with Gasteiger partial charge in [-0.25, -0.2) is 0 Å². The van der Waals surface area contributed by atoms with Crippen LogP contribution >= 0.6 is 0 Å². The molecule has 0 radical (unpaired) electrons. The van der Waals surface area contributed by atoms with Gasteiger partial charge < -0.3 is 10.1 Å². The highest BCUT2D eigenvalue weighted by molar-refractivity contribution is 5.40. The third kappa shape index (κ3) is 2.15. The van der Waals surface area contributed by atoms with E-state index < -0.39 is 0 Å². The molecule has 0 bridgehead atoms. The smallest absolute Gasteiger partial charge is 0.122 e. The van der Waals surface area contributed by atoms with E-state index in [0.29, 0.717) is 6.04 Å². The van der Waals surface area contributed by atoms with Gasteiger partial charge in [-0.3, -0.25) is 0 Å². The average molecular weight is 205 g/mol. The molecule has 1 aliphatic rings. The summed E-state index contributed by atoms with van der Waals surface area (Å²) in [4.78, 5) is 0. The Balaban J connectivity index is 2.26. The topological polar surface area (TPSA) is 21.3 Å². The first-order valence-electron chi connectivity index (χ1n) is 5.70. The number of benzene rings is 1. The van der Waals surface area contributed by atoms with Crippen molar-refractivity contribution in [3.63, 3.8) is 0 Å². The van der Waals surface area contributed by atoms with Crippen LogP contribution in [0.3, 0.4) is 0 Å². The molecule has 82 valence electrons. The Morgan fingerprint density at radius 2 is 2.20 bits per heavy atom. The third-order valence-corrected chi connectivity index (χ3v) is 3.23. The van der Waals surface area contributed by atoms with Crippen molar-refractivity contribution in [3.05, 3.63) is 29.3 Å². The molecule has 0 aliphatic carbocycles. The quantitative estimate of drug-likeness (QED) is 0.801. The van der Waals surface area contributed by atoms with Crippen LogP contribution < -0.4 is 10.1 Å². The van der Waals surface area contributed by atoms with E-state index in [2.05, 4.69) is 24.4 Å². The largest absolute Gasteiger partial charge is 0.496 e. The van der Waals surface area contributed by atoms with Crippen LogP contribution in [0.15, 0.2) is 18.2 Å². The van der Waals surface area contributed by atoms with E-state index in [4.69, 9.17) is 4.74 Å². The molecule has 0 saturated carbocycles. The van der Waals surface area contributed by atoms with Crippen LogP contribution in [0.4, 0.5) is 0 Å². The number of rotatable bonds is 2. The Labute approximate surface area is 91.6 Å². The average Bonchev–Trinajstić information content (AvgIpc) is 2.30. The van der Waals surface area contributed by atoms with Crippen molar-refractivity contribution in [3.8, 4) is 5.75 Å². The molecule has 0 amide bonds. The summed E-state index contributed by atoms with van der Waals surface area (Å²) in [6, 6.07) is 6.84. The summed E-state index contributed by atoms with van der Waals surface area (Å²) < 4.78 is 5.35. The summed E-state index contributed by atoms with van der Waals surface area (Å²) in [6.07, 6.45) is 3.88. The van der Waals surface area contributed by atoms with Gasteiger partial charge >= 0.3 is 0 Å². The lowest BCUT2D eigenvalue weighted by atomic mass is 9.94. The molecule has 1 aromatic carbocycles. The predicted molar refractivity (Wildman–Crippen MR) is 62.3 cm³/mol. The number of nitrogens with one attached hydrogen (secondary N) is 1. The Hall–Kier alpha value is -1.02. The molecule has 1 N–H and O–H groups in total. The van der Waals surface area contributed by atoms with Crippen molar-refractivity contribution in [1.82, 2.24) is 5.32 Å². The second-order valence-corrected chi connectivity index (χ2v) is 4.18. The molecule has 1 aromatic rings. The van der Waals surface area contributed by atoms with E-state index in [1.807, 2.05) is 6.07 Å². The van der Waals surface area contributed by atoms with Crippen LogP contribution in [0.5, 0.6) is 5.75 Å². The first kappa shape index (κ1) is 10.5. The number of hydrogen-bond donors (Lipinski definition) is 1. The SMILES string of the molecule is COc1cccc(C2CCCCN2)c1C. The van der Waals surface area contributed by atoms with Crippen LogP contribution in [-0.4, -0.2) is 13.7 Å². The Morgan fingerprint density at radius 1 is 1.33 bits per heavy atom.